The molecule has 2 aliphatic rings. The lowest BCUT2D eigenvalue weighted by molar-refractivity contribution is -0.140. The Balaban J connectivity index is 2.29. The molecule has 1 aromatic rings. The summed E-state index contributed by atoms with van der Waals surface area (Å²) in [6, 6.07) is 3.84. The standard InChI is InChI=1S/C17H19N3O4S/c1-17(2,3)8-6-9(12(18)11(14(21)22)15(23)24)13-10(7-8)20-5-4-19-16(20)25-13/h6-7H,4-5,18H2,1-3H3,(H,21,22)(H,23,24). The van der Waals surface area contributed by atoms with Crippen LogP contribution in [0.15, 0.2) is 27.6 Å². The first-order chi connectivity index (χ1) is 11.6. The van der Waals surface area contributed by atoms with E-state index in [1.807, 2.05) is 26.8 Å². The van der Waals surface area contributed by atoms with Gasteiger partial charge in [-0.05, 0) is 34.9 Å². The molecule has 0 bridgehead atoms. The monoisotopic (exact) mass is 361 g/mol. The maximum absolute atomic E-state index is 11.4. The van der Waals surface area contributed by atoms with Gasteiger partial charge < -0.3 is 20.8 Å². The van der Waals surface area contributed by atoms with Crippen LogP contribution >= 0.6 is 11.8 Å². The highest BCUT2D eigenvalue weighted by Gasteiger charge is 2.35. The number of carbonyl (C=O) groups is 2. The third-order valence-electron chi connectivity index (χ3n) is 4.21. The Kier molecular flexibility index (Phi) is 4.03. The van der Waals surface area contributed by atoms with Gasteiger partial charge in [-0.1, -0.05) is 20.8 Å². The number of fused-ring (bicyclic) bond motifs is 3. The number of nitrogens with two attached hydrogens (primary N) is 1. The molecule has 7 nitrogen and oxygen atoms in total. The van der Waals surface area contributed by atoms with Gasteiger partial charge in [0.2, 0.25) is 0 Å². The molecule has 0 spiro atoms. The number of aliphatic carboxylic acids is 2. The quantitative estimate of drug-likeness (QED) is 0.429. The van der Waals surface area contributed by atoms with Crippen LogP contribution in [0.4, 0.5) is 5.69 Å². The lowest BCUT2D eigenvalue weighted by atomic mass is 9.85. The zero-order chi connectivity index (χ0) is 18.5. The number of nitrogens with zero attached hydrogens (tertiary/aromatic N) is 2. The van der Waals surface area contributed by atoms with E-state index in [0.29, 0.717) is 12.1 Å². The van der Waals surface area contributed by atoms with Crippen molar-refractivity contribution in [1.82, 2.24) is 0 Å². The summed E-state index contributed by atoms with van der Waals surface area (Å²) in [4.78, 5) is 30.0. The highest BCUT2D eigenvalue weighted by Crippen LogP contribution is 2.47. The molecule has 0 aromatic heterocycles. The summed E-state index contributed by atoms with van der Waals surface area (Å²) < 4.78 is 0. The van der Waals surface area contributed by atoms with Gasteiger partial charge in [0.1, 0.15) is 0 Å². The van der Waals surface area contributed by atoms with E-state index in [-0.39, 0.29) is 11.1 Å². The first-order valence-corrected chi connectivity index (χ1v) is 8.58. The van der Waals surface area contributed by atoms with E-state index < -0.39 is 17.5 Å². The number of aliphatic imine (C=N–C) groups is 1. The minimum Gasteiger partial charge on any atom is -0.477 e. The van der Waals surface area contributed by atoms with Gasteiger partial charge >= 0.3 is 11.9 Å². The number of amidine groups is 1. The lowest BCUT2D eigenvalue weighted by Gasteiger charge is -2.23. The summed E-state index contributed by atoms with van der Waals surface area (Å²) in [6.45, 7) is 7.56. The Bertz CT molecular complexity index is 836. The van der Waals surface area contributed by atoms with Gasteiger partial charge in [0, 0.05) is 17.0 Å². The van der Waals surface area contributed by atoms with Crippen LogP contribution in [0, 0.1) is 0 Å². The van der Waals surface area contributed by atoms with Gasteiger partial charge in [-0.2, -0.15) is 0 Å². The number of thioether (sulfide) groups is 1. The van der Waals surface area contributed by atoms with Crippen LogP contribution in [0.3, 0.4) is 0 Å². The first-order valence-electron chi connectivity index (χ1n) is 7.76. The van der Waals surface area contributed by atoms with Crippen molar-refractivity contribution in [3.8, 4) is 0 Å². The minimum atomic E-state index is -1.55. The Morgan fingerprint density at radius 1 is 1.24 bits per heavy atom. The molecule has 4 N–H and O–H groups in total. The van der Waals surface area contributed by atoms with Crippen molar-refractivity contribution in [3.63, 3.8) is 0 Å². The third kappa shape index (κ3) is 2.86. The maximum atomic E-state index is 11.4. The SMILES string of the molecule is CC(C)(C)c1cc(C(N)=C(C(=O)O)C(=O)O)c2c(c1)N1CCN=C1S2. The molecule has 2 heterocycles. The Morgan fingerprint density at radius 3 is 2.44 bits per heavy atom. The van der Waals surface area contributed by atoms with E-state index in [0.717, 1.165) is 27.9 Å². The van der Waals surface area contributed by atoms with Crippen LogP contribution in [0.1, 0.15) is 31.9 Å². The summed E-state index contributed by atoms with van der Waals surface area (Å²) in [5, 5.41) is 19.3. The Labute approximate surface area is 149 Å². The van der Waals surface area contributed by atoms with Gasteiger partial charge in [0.05, 0.1) is 17.9 Å². The Morgan fingerprint density at radius 2 is 1.88 bits per heavy atom. The molecule has 2 aliphatic heterocycles. The van der Waals surface area contributed by atoms with Crippen molar-refractivity contribution in [1.29, 1.82) is 0 Å². The van der Waals surface area contributed by atoms with Crippen molar-refractivity contribution in [2.75, 3.05) is 18.0 Å². The lowest BCUT2D eigenvalue weighted by Crippen LogP contribution is -2.22. The first kappa shape index (κ1) is 17.3. The van der Waals surface area contributed by atoms with E-state index >= 15 is 0 Å². The van der Waals surface area contributed by atoms with Crippen LogP contribution in [0.2, 0.25) is 0 Å². The van der Waals surface area contributed by atoms with Gasteiger partial charge in [0.15, 0.2) is 10.7 Å². The Hall–Kier alpha value is -2.48. The number of hydrogen-bond donors (Lipinski definition) is 3. The fourth-order valence-corrected chi connectivity index (χ4v) is 4.03. The molecule has 25 heavy (non-hydrogen) atoms. The maximum Gasteiger partial charge on any atom is 0.345 e. The summed E-state index contributed by atoms with van der Waals surface area (Å²) in [5.41, 5.74) is 7.05. The second-order valence-electron chi connectivity index (χ2n) is 6.94. The molecule has 8 heteroatoms. The summed E-state index contributed by atoms with van der Waals surface area (Å²) >= 11 is 1.40. The molecule has 0 aliphatic carbocycles. The fourth-order valence-electron chi connectivity index (χ4n) is 2.84. The van der Waals surface area contributed by atoms with Crippen molar-refractivity contribution in [2.24, 2.45) is 10.7 Å². The molecule has 0 radical (unpaired) electrons. The number of anilines is 1. The minimum absolute atomic E-state index is 0.207. The van der Waals surface area contributed by atoms with Crippen molar-refractivity contribution in [3.05, 3.63) is 28.8 Å². The van der Waals surface area contributed by atoms with E-state index in [2.05, 4.69) is 9.89 Å². The zero-order valence-electron chi connectivity index (χ0n) is 14.2. The van der Waals surface area contributed by atoms with E-state index in [9.17, 15) is 19.8 Å². The predicted molar refractivity (Wildman–Crippen MR) is 97.0 cm³/mol. The molecule has 0 atom stereocenters. The van der Waals surface area contributed by atoms with Gasteiger partial charge in [0.25, 0.3) is 0 Å². The average molecular weight is 361 g/mol. The number of carboxylic acid groups (broad SMARTS) is 2. The van der Waals surface area contributed by atoms with Crippen LogP contribution in [0.5, 0.6) is 0 Å². The highest BCUT2D eigenvalue weighted by molar-refractivity contribution is 8.14. The number of carboxylic acids is 2. The number of benzene rings is 1. The van der Waals surface area contributed by atoms with E-state index in [1.54, 1.807) is 6.07 Å². The zero-order valence-corrected chi connectivity index (χ0v) is 15.0. The topological polar surface area (TPSA) is 116 Å². The third-order valence-corrected chi connectivity index (χ3v) is 5.37. The predicted octanol–water partition coefficient (Wildman–Crippen LogP) is 2.10. The van der Waals surface area contributed by atoms with Crippen LogP contribution in [-0.4, -0.2) is 40.4 Å². The summed E-state index contributed by atoms with van der Waals surface area (Å²) in [7, 11) is 0. The normalized spacial score (nSPS) is 15.5. The van der Waals surface area contributed by atoms with Crippen molar-refractivity contribution >= 4 is 40.3 Å². The largest absolute Gasteiger partial charge is 0.477 e. The number of hydrogen-bond acceptors (Lipinski definition) is 6. The van der Waals surface area contributed by atoms with E-state index in [1.165, 1.54) is 11.8 Å². The van der Waals surface area contributed by atoms with E-state index in [4.69, 9.17) is 5.73 Å². The van der Waals surface area contributed by atoms with Gasteiger partial charge in [-0.25, -0.2) is 9.59 Å². The fraction of sp³-hybridized carbons (Fsp3) is 0.353. The molecule has 0 saturated carbocycles. The summed E-state index contributed by atoms with van der Waals surface area (Å²) in [5.74, 6) is -3.11. The highest BCUT2D eigenvalue weighted by atomic mass is 32.2. The summed E-state index contributed by atoms with van der Waals surface area (Å²) in [6.07, 6.45) is 0. The smallest absolute Gasteiger partial charge is 0.345 e. The van der Waals surface area contributed by atoms with Crippen LogP contribution in [0.25, 0.3) is 5.70 Å². The van der Waals surface area contributed by atoms with Crippen LogP contribution in [-0.2, 0) is 15.0 Å². The molecule has 0 amide bonds. The average Bonchev–Trinajstić information content (AvgIpc) is 3.04. The van der Waals surface area contributed by atoms with Crippen molar-refractivity contribution in [2.45, 2.75) is 31.1 Å². The molecule has 1 aromatic carbocycles. The number of rotatable bonds is 3. The molecule has 0 saturated heterocycles. The molecular weight excluding hydrogens is 342 g/mol. The van der Waals surface area contributed by atoms with Gasteiger partial charge in [-0.15, -0.1) is 0 Å². The molecule has 3 rings (SSSR count). The molecule has 0 fully saturated rings. The second-order valence-corrected chi connectivity index (χ2v) is 7.92. The van der Waals surface area contributed by atoms with Crippen LogP contribution < -0.4 is 10.6 Å². The molecule has 132 valence electrons. The van der Waals surface area contributed by atoms with Gasteiger partial charge in [-0.3, -0.25) is 4.99 Å². The molecular formula is C17H19N3O4S. The molecule has 0 unspecified atom stereocenters. The van der Waals surface area contributed by atoms with Crippen molar-refractivity contribution < 1.29 is 19.8 Å². The second kappa shape index (κ2) is 5.80.